The molecule has 1 fully saturated rings. The van der Waals surface area contributed by atoms with Gasteiger partial charge in [-0.05, 0) is 18.8 Å². The summed E-state index contributed by atoms with van der Waals surface area (Å²) in [5, 5.41) is 9.10. The smallest absolute Gasteiger partial charge is 0.0578 e. The van der Waals surface area contributed by atoms with E-state index < -0.39 is 0 Å². The minimum Gasteiger partial charge on any atom is -0.396 e. The van der Waals surface area contributed by atoms with Crippen molar-refractivity contribution in [1.82, 2.24) is 0 Å². The van der Waals surface area contributed by atoms with Crippen LogP contribution in [0.3, 0.4) is 0 Å². The van der Waals surface area contributed by atoms with Crippen LogP contribution in [0.1, 0.15) is 46.5 Å². The van der Waals surface area contributed by atoms with Crippen molar-refractivity contribution in [3.63, 3.8) is 0 Å². The molecule has 0 amide bonds. The maximum Gasteiger partial charge on any atom is 0.0578 e. The Bertz CT molecular complexity index is 166. The van der Waals surface area contributed by atoms with E-state index in [1.54, 1.807) is 0 Å². The zero-order chi connectivity index (χ0) is 10.6. The Hall–Kier alpha value is -0.0800. The molecule has 2 nitrogen and oxygen atoms in total. The van der Waals surface area contributed by atoms with E-state index >= 15 is 0 Å². The fraction of sp³-hybridized carbons (Fsp3) is 1.00. The quantitative estimate of drug-likeness (QED) is 0.756. The minimum atomic E-state index is -0.0827. The van der Waals surface area contributed by atoms with Crippen molar-refractivity contribution in [2.45, 2.75) is 52.6 Å². The van der Waals surface area contributed by atoms with Crippen LogP contribution in [0.25, 0.3) is 0 Å². The first-order valence-electron chi connectivity index (χ1n) is 5.76. The van der Waals surface area contributed by atoms with Crippen LogP contribution < -0.4 is 0 Å². The maximum atomic E-state index is 9.10. The van der Waals surface area contributed by atoms with Gasteiger partial charge in [-0.1, -0.05) is 33.6 Å². The van der Waals surface area contributed by atoms with E-state index in [1.807, 2.05) is 13.8 Å². The first-order chi connectivity index (χ1) is 6.53. The third-order valence-electron chi connectivity index (χ3n) is 3.03. The van der Waals surface area contributed by atoms with E-state index in [1.165, 1.54) is 25.7 Å². The highest BCUT2D eigenvalue weighted by Crippen LogP contribution is 2.27. The Kier molecular flexibility index (Phi) is 4.39. The van der Waals surface area contributed by atoms with Gasteiger partial charge in [-0.15, -0.1) is 0 Å². The summed E-state index contributed by atoms with van der Waals surface area (Å²) in [5.74, 6) is 0.811. The topological polar surface area (TPSA) is 29.5 Å². The molecule has 0 saturated heterocycles. The van der Waals surface area contributed by atoms with Gasteiger partial charge in [0.05, 0.1) is 19.3 Å². The molecule has 84 valence electrons. The van der Waals surface area contributed by atoms with Gasteiger partial charge in [0.15, 0.2) is 0 Å². The van der Waals surface area contributed by atoms with Crippen LogP contribution in [0.2, 0.25) is 0 Å². The van der Waals surface area contributed by atoms with E-state index in [2.05, 4.69) is 6.92 Å². The molecule has 1 aliphatic carbocycles. The standard InChI is InChI=1S/C12H24O2/c1-10-5-4-6-11(7-10)14-9-12(2,3)8-13/h10-11,13H,4-9H2,1-3H3. The molecule has 0 aromatic carbocycles. The molecule has 1 N–H and O–H groups in total. The molecule has 1 rings (SSSR count). The van der Waals surface area contributed by atoms with E-state index in [0.717, 1.165) is 5.92 Å². The van der Waals surface area contributed by atoms with E-state index in [4.69, 9.17) is 9.84 Å². The van der Waals surface area contributed by atoms with Crippen molar-refractivity contribution >= 4 is 0 Å². The number of ether oxygens (including phenoxy) is 1. The lowest BCUT2D eigenvalue weighted by Crippen LogP contribution is -2.29. The van der Waals surface area contributed by atoms with E-state index in [0.29, 0.717) is 12.7 Å². The van der Waals surface area contributed by atoms with Gasteiger partial charge in [0, 0.05) is 5.41 Å². The fourth-order valence-corrected chi connectivity index (χ4v) is 1.92. The summed E-state index contributed by atoms with van der Waals surface area (Å²) in [7, 11) is 0. The minimum absolute atomic E-state index is 0.0827. The summed E-state index contributed by atoms with van der Waals surface area (Å²) in [5.41, 5.74) is -0.0827. The van der Waals surface area contributed by atoms with Crippen LogP contribution in [0.4, 0.5) is 0 Å². The molecule has 2 heteroatoms. The van der Waals surface area contributed by atoms with E-state index in [-0.39, 0.29) is 12.0 Å². The van der Waals surface area contributed by atoms with Crippen LogP contribution >= 0.6 is 0 Å². The van der Waals surface area contributed by atoms with Crippen LogP contribution in [0.5, 0.6) is 0 Å². The Morgan fingerprint density at radius 1 is 1.36 bits per heavy atom. The number of aliphatic hydroxyl groups is 1. The number of hydrogen-bond acceptors (Lipinski definition) is 2. The number of aliphatic hydroxyl groups excluding tert-OH is 1. The van der Waals surface area contributed by atoms with Gasteiger partial charge in [0.2, 0.25) is 0 Å². The van der Waals surface area contributed by atoms with Crippen LogP contribution in [0.15, 0.2) is 0 Å². The highest BCUT2D eigenvalue weighted by Gasteiger charge is 2.23. The zero-order valence-corrected chi connectivity index (χ0v) is 9.75. The molecule has 0 aromatic rings. The first-order valence-corrected chi connectivity index (χ1v) is 5.76. The lowest BCUT2D eigenvalue weighted by molar-refractivity contribution is -0.0384. The van der Waals surface area contributed by atoms with Crippen molar-refractivity contribution < 1.29 is 9.84 Å². The number of hydrogen-bond donors (Lipinski definition) is 1. The average Bonchev–Trinajstić information content (AvgIpc) is 2.15. The zero-order valence-electron chi connectivity index (χ0n) is 9.75. The van der Waals surface area contributed by atoms with Crippen molar-refractivity contribution in [3.8, 4) is 0 Å². The second-order valence-corrected chi connectivity index (χ2v) is 5.53. The van der Waals surface area contributed by atoms with Crippen molar-refractivity contribution in [1.29, 1.82) is 0 Å². The van der Waals surface area contributed by atoms with E-state index in [9.17, 15) is 0 Å². The van der Waals surface area contributed by atoms with Crippen LogP contribution in [0, 0.1) is 11.3 Å². The Morgan fingerprint density at radius 2 is 2.07 bits per heavy atom. The summed E-state index contributed by atoms with van der Waals surface area (Å²) in [6, 6.07) is 0. The van der Waals surface area contributed by atoms with Crippen molar-refractivity contribution in [2.75, 3.05) is 13.2 Å². The molecule has 0 bridgehead atoms. The summed E-state index contributed by atoms with van der Waals surface area (Å²) < 4.78 is 5.85. The van der Waals surface area contributed by atoms with Gasteiger partial charge in [0.1, 0.15) is 0 Å². The predicted molar refractivity (Wildman–Crippen MR) is 58.2 cm³/mol. The second kappa shape index (κ2) is 5.13. The third-order valence-corrected chi connectivity index (χ3v) is 3.03. The highest BCUT2D eigenvalue weighted by molar-refractivity contribution is 4.73. The fourth-order valence-electron chi connectivity index (χ4n) is 1.92. The van der Waals surface area contributed by atoms with Gasteiger partial charge < -0.3 is 9.84 Å². The molecule has 2 atom stereocenters. The monoisotopic (exact) mass is 200 g/mol. The van der Waals surface area contributed by atoms with Gasteiger partial charge in [-0.25, -0.2) is 0 Å². The molecular formula is C12H24O2. The number of rotatable bonds is 4. The molecule has 0 heterocycles. The predicted octanol–water partition coefficient (Wildman–Crippen LogP) is 2.60. The van der Waals surface area contributed by atoms with Gasteiger partial charge >= 0.3 is 0 Å². The van der Waals surface area contributed by atoms with Gasteiger partial charge in [0.25, 0.3) is 0 Å². The second-order valence-electron chi connectivity index (χ2n) is 5.53. The molecule has 0 aromatic heterocycles. The normalized spacial score (nSPS) is 29.1. The third kappa shape index (κ3) is 3.97. The first kappa shape index (κ1) is 12.0. The summed E-state index contributed by atoms with van der Waals surface area (Å²) in [6.45, 7) is 7.27. The molecule has 0 radical (unpaired) electrons. The van der Waals surface area contributed by atoms with Crippen molar-refractivity contribution in [2.24, 2.45) is 11.3 Å². The largest absolute Gasteiger partial charge is 0.396 e. The van der Waals surface area contributed by atoms with Crippen molar-refractivity contribution in [3.05, 3.63) is 0 Å². The lowest BCUT2D eigenvalue weighted by atomic mass is 9.88. The lowest BCUT2D eigenvalue weighted by Gasteiger charge is -2.30. The summed E-state index contributed by atoms with van der Waals surface area (Å²) >= 11 is 0. The van der Waals surface area contributed by atoms with Crippen LogP contribution in [-0.2, 0) is 4.74 Å². The Balaban J connectivity index is 2.23. The molecular weight excluding hydrogens is 176 g/mol. The highest BCUT2D eigenvalue weighted by atomic mass is 16.5. The summed E-state index contributed by atoms with van der Waals surface area (Å²) in [4.78, 5) is 0. The average molecular weight is 200 g/mol. The SMILES string of the molecule is CC1CCCC(OCC(C)(C)CO)C1. The Morgan fingerprint density at radius 3 is 2.64 bits per heavy atom. The van der Waals surface area contributed by atoms with Gasteiger partial charge in [-0.2, -0.15) is 0 Å². The molecule has 1 saturated carbocycles. The molecule has 0 spiro atoms. The molecule has 0 aliphatic heterocycles. The maximum absolute atomic E-state index is 9.10. The molecule has 1 aliphatic rings. The molecule has 2 unspecified atom stereocenters. The van der Waals surface area contributed by atoms with Crippen LogP contribution in [-0.4, -0.2) is 24.4 Å². The Labute approximate surface area is 87.7 Å². The van der Waals surface area contributed by atoms with Gasteiger partial charge in [-0.3, -0.25) is 0 Å². The summed E-state index contributed by atoms with van der Waals surface area (Å²) in [6.07, 6.45) is 5.48. The molecule has 14 heavy (non-hydrogen) atoms.